The summed E-state index contributed by atoms with van der Waals surface area (Å²) in [4.78, 5) is 7.59. The van der Waals surface area contributed by atoms with E-state index in [-0.39, 0.29) is 0 Å². The SMILES string of the molecule is CC=CC=Cc1c[nH]c2nc(C)ccc12. The van der Waals surface area contributed by atoms with Crippen molar-refractivity contribution in [3.63, 3.8) is 0 Å². The summed E-state index contributed by atoms with van der Waals surface area (Å²) in [5.41, 5.74) is 3.17. The van der Waals surface area contributed by atoms with Crippen LogP contribution in [-0.2, 0) is 0 Å². The Balaban J connectivity index is 2.45. The van der Waals surface area contributed by atoms with E-state index in [4.69, 9.17) is 0 Å². The van der Waals surface area contributed by atoms with Gasteiger partial charge in [0.15, 0.2) is 0 Å². The zero-order chi connectivity index (χ0) is 10.7. The number of rotatable bonds is 2. The highest BCUT2D eigenvalue weighted by atomic mass is 14.8. The van der Waals surface area contributed by atoms with Crippen LogP contribution >= 0.6 is 0 Å². The second kappa shape index (κ2) is 4.13. The van der Waals surface area contributed by atoms with Crippen molar-refractivity contribution in [2.24, 2.45) is 0 Å². The number of aromatic nitrogens is 2. The number of aryl methyl sites for hydroxylation is 1. The van der Waals surface area contributed by atoms with Crippen molar-refractivity contribution in [3.05, 3.63) is 47.8 Å². The van der Waals surface area contributed by atoms with Gasteiger partial charge in [0.1, 0.15) is 5.65 Å². The first-order valence-electron chi connectivity index (χ1n) is 5.05. The zero-order valence-electron chi connectivity index (χ0n) is 8.99. The van der Waals surface area contributed by atoms with Crippen molar-refractivity contribution >= 4 is 17.1 Å². The third-order valence-electron chi connectivity index (χ3n) is 2.29. The van der Waals surface area contributed by atoms with E-state index in [2.05, 4.69) is 22.1 Å². The van der Waals surface area contributed by atoms with Crippen molar-refractivity contribution in [1.29, 1.82) is 0 Å². The Bertz CT molecular complexity index is 518. The molecule has 0 amide bonds. The molecule has 1 N–H and O–H groups in total. The van der Waals surface area contributed by atoms with Crippen LogP contribution < -0.4 is 0 Å². The fraction of sp³-hybridized carbons (Fsp3) is 0.154. The third kappa shape index (κ3) is 1.99. The molecular weight excluding hydrogens is 184 g/mol. The molecule has 0 radical (unpaired) electrons. The summed E-state index contributed by atoms with van der Waals surface area (Å²) in [6.45, 7) is 4.00. The molecule has 0 spiro atoms. The molecule has 15 heavy (non-hydrogen) atoms. The second-order valence-corrected chi connectivity index (χ2v) is 3.48. The molecule has 0 bridgehead atoms. The number of aromatic amines is 1. The van der Waals surface area contributed by atoms with Crippen LogP contribution in [0.4, 0.5) is 0 Å². The number of hydrogen-bond acceptors (Lipinski definition) is 1. The van der Waals surface area contributed by atoms with Crippen LogP contribution in [0, 0.1) is 6.92 Å². The van der Waals surface area contributed by atoms with Gasteiger partial charge in [-0.3, -0.25) is 0 Å². The fourth-order valence-electron chi connectivity index (χ4n) is 1.53. The fourth-order valence-corrected chi connectivity index (χ4v) is 1.53. The smallest absolute Gasteiger partial charge is 0.138 e. The zero-order valence-corrected chi connectivity index (χ0v) is 8.99. The van der Waals surface area contributed by atoms with Crippen LogP contribution in [0.25, 0.3) is 17.1 Å². The summed E-state index contributed by atoms with van der Waals surface area (Å²) in [6.07, 6.45) is 10.1. The van der Waals surface area contributed by atoms with E-state index in [1.807, 2.05) is 44.3 Å². The van der Waals surface area contributed by atoms with Crippen molar-refractivity contribution < 1.29 is 0 Å². The van der Waals surface area contributed by atoms with Gasteiger partial charge in [-0.1, -0.05) is 24.3 Å². The van der Waals surface area contributed by atoms with Crippen molar-refractivity contribution in [3.8, 4) is 0 Å². The number of allylic oxidation sites excluding steroid dienone is 3. The highest BCUT2D eigenvalue weighted by Gasteiger charge is 2.00. The van der Waals surface area contributed by atoms with Crippen LogP contribution in [0.3, 0.4) is 0 Å². The van der Waals surface area contributed by atoms with Crippen LogP contribution in [-0.4, -0.2) is 9.97 Å². The Labute approximate surface area is 89.4 Å². The first kappa shape index (κ1) is 9.71. The van der Waals surface area contributed by atoms with E-state index in [0.29, 0.717) is 0 Å². The monoisotopic (exact) mass is 198 g/mol. The molecular formula is C13H14N2. The molecule has 0 unspecified atom stereocenters. The lowest BCUT2D eigenvalue weighted by Gasteiger charge is -1.92. The van der Waals surface area contributed by atoms with E-state index in [0.717, 1.165) is 11.3 Å². The van der Waals surface area contributed by atoms with Gasteiger partial charge in [0.05, 0.1) is 0 Å². The molecule has 76 valence electrons. The molecule has 0 saturated heterocycles. The first-order chi connectivity index (χ1) is 7.31. The number of hydrogen-bond donors (Lipinski definition) is 1. The lowest BCUT2D eigenvalue weighted by atomic mass is 10.2. The highest BCUT2D eigenvalue weighted by molar-refractivity contribution is 5.86. The predicted molar refractivity (Wildman–Crippen MR) is 64.7 cm³/mol. The Morgan fingerprint density at radius 2 is 2.13 bits per heavy atom. The minimum atomic E-state index is 0.954. The molecule has 2 heteroatoms. The van der Waals surface area contributed by atoms with Crippen molar-refractivity contribution in [2.45, 2.75) is 13.8 Å². The summed E-state index contributed by atoms with van der Waals surface area (Å²) in [6, 6.07) is 4.13. The number of nitrogens with one attached hydrogen (secondary N) is 1. The maximum atomic E-state index is 4.42. The molecule has 0 atom stereocenters. The summed E-state index contributed by atoms with van der Waals surface area (Å²) < 4.78 is 0. The van der Waals surface area contributed by atoms with Gasteiger partial charge in [0.2, 0.25) is 0 Å². The largest absolute Gasteiger partial charge is 0.346 e. The van der Waals surface area contributed by atoms with E-state index < -0.39 is 0 Å². The highest BCUT2D eigenvalue weighted by Crippen LogP contribution is 2.17. The van der Waals surface area contributed by atoms with Crippen molar-refractivity contribution in [1.82, 2.24) is 9.97 Å². The van der Waals surface area contributed by atoms with Gasteiger partial charge < -0.3 is 4.98 Å². The molecule has 2 rings (SSSR count). The quantitative estimate of drug-likeness (QED) is 0.735. The normalized spacial score (nSPS) is 12.1. The Morgan fingerprint density at radius 3 is 2.93 bits per heavy atom. The summed E-state index contributed by atoms with van der Waals surface area (Å²) in [5, 5.41) is 1.17. The maximum absolute atomic E-state index is 4.42. The van der Waals surface area contributed by atoms with E-state index in [9.17, 15) is 0 Å². The molecule has 0 fully saturated rings. The van der Waals surface area contributed by atoms with Gasteiger partial charge in [-0.05, 0) is 26.0 Å². The average Bonchev–Trinajstić information content (AvgIpc) is 2.61. The van der Waals surface area contributed by atoms with Gasteiger partial charge in [-0.25, -0.2) is 4.98 Å². The van der Waals surface area contributed by atoms with E-state index in [1.54, 1.807) is 0 Å². The number of pyridine rings is 1. The Hall–Kier alpha value is -1.83. The summed E-state index contributed by atoms with van der Waals surface area (Å²) >= 11 is 0. The molecule has 2 nitrogen and oxygen atoms in total. The molecule has 0 aliphatic carbocycles. The summed E-state index contributed by atoms with van der Waals surface area (Å²) in [7, 11) is 0. The molecule has 0 aliphatic heterocycles. The minimum Gasteiger partial charge on any atom is -0.346 e. The second-order valence-electron chi connectivity index (χ2n) is 3.48. The minimum absolute atomic E-state index is 0.954. The molecule has 0 saturated carbocycles. The Kier molecular flexibility index (Phi) is 2.68. The van der Waals surface area contributed by atoms with Gasteiger partial charge in [-0.2, -0.15) is 0 Å². The van der Waals surface area contributed by atoms with Gasteiger partial charge in [0, 0.05) is 22.8 Å². The third-order valence-corrected chi connectivity index (χ3v) is 2.29. The van der Waals surface area contributed by atoms with Gasteiger partial charge in [-0.15, -0.1) is 0 Å². The number of fused-ring (bicyclic) bond motifs is 1. The van der Waals surface area contributed by atoms with Crippen LogP contribution in [0.1, 0.15) is 18.2 Å². The lowest BCUT2D eigenvalue weighted by molar-refractivity contribution is 1.22. The standard InChI is InChI=1S/C13H14N2/c1-3-4-5-6-11-9-14-13-12(11)8-7-10(2)15-13/h3-9H,1-2H3,(H,14,15). The summed E-state index contributed by atoms with van der Waals surface area (Å²) in [5.74, 6) is 0. The average molecular weight is 198 g/mol. The lowest BCUT2D eigenvalue weighted by Crippen LogP contribution is -1.80. The number of H-pyrrole nitrogens is 1. The Morgan fingerprint density at radius 1 is 1.27 bits per heavy atom. The topological polar surface area (TPSA) is 28.7 Å². The van der Waals surface area contributed by atoms with Crippen molar-refractivity contribution in [2.75, 3.05) is 0 Å². The molecule has 0 aliphatic rings. The van der Waals surface area contributed by atoms with Gasteiger partial charge in [0.25, 0.3) is 0 Å². The maximum Gasteiger partial charge on any atom is 0.138 e. The van der Waals surface area contributed by atoms with Crippen LogP contribution in [0.5, 0.6) is 0 Å². The molecule has 0 aromatic carbocycles. The predicted octanol–water partition coefficient (Wildman–Crippen LogP) is 3.46. The van der Waals surface area contributed by atoms with E-state index >= 15 is 0 Å². The van der Waals surface area contributed by atoms with E-state index in [1.165, 1.54) is 10.9 Å². The van der Waals surface area contributed by atoms with Crippen LogP contribution in [0.15, 0.2) is 36.6 Å². The molecule has 2 heterocycles. The van der Waals surface area contributed by atoms with Gasteiger partial charge >= 0.3 is 0 Å². The first-order valence-corrected chi connectivity index (χ1v) is 5.05. The number of nitrogens with zero attached hydrogens (tertiary/aromatic N) is 1. The molecule has 2 aromatic heterocycles. The van der Waals surface area contributed by atoms with Crippen LogP contribution in [0.2, 0.25) is 0 Å². The molecule has 2 aromatic rings.